The van der Waals surface area contributed by atoms with Crippen molar-refractivity contribution in [3.05, 3.63) is 108 Å². The molecule has 1 fully saturated rings. The van der Waals surface area contributed by atoms with Crippen LogP contribution in [0.2, 0.25) is 0 Å². The fraction of sp³-hybridized carbons (Fsp3) is 0.167. The lowest BCUT2D eigenvalue weighted by Gasteiger charge is -2.26. The number of nitriles is 1. The van der Waals surface area contributed by atoms with Gasteiger partial charge in [-0.15, -0.1) is 0 Å². The van der Waals surface area contributed by atoms with Crippen molar-refractivity contribution in [2.75, 3.05) is 26.3 Å². The molecule has 0 radical (unpaired) electrons. The molecule has 0 N–H and O–H groups in total. The van der Waals surface area contributed by atoms with Gasteiger partial charge in [-0.2, -0.15) is 10.4 Å². The Balaban J connectivity index is 1.49. The van der Waals surface area contributed by atoms with Gasteiger partial charge in [0.15, 0.2) is 0 Å². The molecule has 0 spiro atoms. The number of nitrogens with zero attached hydrogens (tertiary/aromatic N) is 4. The molecule has 2 heterocycles. The van der Waals surface area contributed by atoms with Crippen LogP contribution in [0.15, 0.2) is 90.6 Å². The summed E-state index contributed by atoms with van der Waals surface area (Å²) in [5.74, 6) is -0.0133. The molecule has 1 aliphatic rings. The van der Waals surface area contributed by atoms with Crippen molar-refractivity contribution in [3.8, 4) is 28.8 Å². The zero-order chi connectivity index (χ0) is 26.3. The first-order chi connectivity index (χ1) is 18.6. The first-order valence-corrected chi connectivity index (χ1v) is 12.2. The standard InChI is InChI=1S/C30H25FN4O3/c31-26-11-9-22(10-12-26)21-38-28-8-4-5-23(18-28)29-25(20-35(33-29)27-6-2-1-3-7-27)17-24(19-32)30(36)34-13-15-37-16-14-34/h1-12,17-18,20H,13-16,21H2/b24-17-. The highest BCUT2D eigenvalue weighted by Crippen LogP contribution is 2.29. The fourth-order valence-electron chi connectivity index (χ4n) is 4.14. The van der Waals surface area contributed by atoms with Crippen molar-refractivity contribution in [3.63, 3.8) is 0 Å². The van der Waals surface area contributed by atoms with Crippen LogP contribution in [-0.4, -0.2) is 46.9 Å². The first-order valence-electron chi connectivity index (χ1n) is 12.2. The highest BCUT2D eigenvalue weighted by molar-refractivity contribution is 6.02. The van der Waals surface area contributed by atoms with Crippen LogP contribution < -0.4 is 4.74 Å². The number of halogens is 1. The molecule has 0 unspecified atom stereocenters. The summed E-state index contributed by atoms with van der Waals surface area (Å²) in [4.78, 5) is 14.7. The monoisotopic (exact) mass is 508 g/mol. The second-order valence-corrected chi connectivity index (χ2v) is 8.73. The number of aromatic nitrogens is 2. The molecule has 38 heavy (non-hydrogen) atoms. The Morgan fingerprint density at radius 2 is 1.82 bits per heavy atom. The third kappa shape index (κ3) is 5.80. The number of ether oxygens (including phenoxy) is 2. The van der Waals surface area contributed by atoms with Crippen LogP contribution in [0.1, 0.15) is 11.1 Å². The molecule has 7 nitrogen and oxygen atoms in total. The van der Waals surface area contributed by atoms with Gasteiger partial charge in [0.2, 0.25) is 0 Å². The zero-order valence-corrected chi connectivity index (χ0v) is 20.6. The van der Waals surface area contributed by atoms with E-state index in [9.17, 15) is 14.4 Å². The van der Waals surface area contributed by atoms with E-state index in [2.05, 4.69) is 6.07 Å². The minimum Gasteiger partial charge on any atom is -0.489 e. The Labute approximate surface area is 220 Å². The van der Waals surface area contributed by atoms with Gasteiger partial charge in [0.1, 0.15) is 35.5 Å². The summed E-state index contributed by atoms with van der Waals surface area (Å²) in [5, 5.41) is 14.6. The van der Waals surface area contributed by atoms with Crippen LogP contribution in [0, 0.1) is 17.1 Å². The average Bonchev–Trinajstić information content (AvgIpc) is 3.40. The Morgan fingerprint density at radius 3 is 2.55 bits per heavy atom. The zero-order valence-electron chi connectivity index (χ0n) is 20.6. The normalized spacial score (nSPS) is 13.7. The van der Waals surface area contributed by atoms with Gasteiger partial charge in [0.25, 0.3) is 5.91 Å². The molecular formula is C30H25FN4O3. The van der Waals surface area contributed by atoms with Gasteiger partial charge in [0.05, 0.1) is 18.9 Å². The number of rotatable bonds is 7. The van der Waals surface area contributed by atoms with Gasteiger partial charge in [0, 0.05) is 30.4 Å². The number of hydrogen-bond donors (Lipinski definition) is 0. The minimum absolute atomic E-state index is 0.0319. The summed E-state index contributed by atoms with van der Waals surface area (Å²) < 4.78 is 26.2. The predicted molar refractivity (Wildman–Crippen MR) is 141 cm³/mol. The number of para-hydroxylation sites is 1. The number of benzene rings is 3. The van der Waals surface area contributed by atoms with Crippen LogP contribution >= 0.6 is 0 Å². The third-order valence-electron chi connectivity index (χ3n) is 6.14. The van der Waals surface area contributed by atoms with E-state index in [4.69, 9.17) is 14.6 Å². The number of hydrogen-bond acceptors (Lipinski definition) is 5. The summed E-state index contributed by atoms with van der Waals surface area (Å²) in [6.07, 6.45) is 3.40. The second-order valence-electron chi connectivity index (χ2n) is 8.73. The average molecular weight is 509 g/mol. The third-order valence-corrected chi connectivity index (χ3v) is 6.14. The minimum atomic E-state index is -0.328. The maximum Gasteiger partial charge on any atom is 0.264 e. The van der Waals surface area contributed by atoms with Crippen molar-refractivity contribution in [2.24, 2.45) is 0 Å². The van der Waals surface area contributed by atoms with Crippen LogP contribution in [0.5, 0.6) is 5.75 Å². The molecule has 8 heteroatoms. The lowest BCUT2D eigenvalue weighted by molar-refractivity contribution is -0.130. The summed E-state index contributed by atoms with van der Waals surface area (Å²) in [7, 11) is 0. The van der Waals surface area contributed by atoms with Gasteiger partial charge in [-0.1, -0.05) is 42.5 Å². The van der Waals surface area contributed by atoms with Crippen molar-refractivity contribution >= 4 is 12.0 Å². The molecule has 5 rings (SSSR count). The van der Waals surface area contributed by atoms with E-state index in [0.29, 0.717) is 43.3 Å². The molecule has 190 valence electrons. The van der Waals surface area contributed by atoms with Gasteiger partial charge in [-0.05, 0) is 48.0 Å². The molecule has 0 bridgehead atoms. The van der Waals surface area contributed by atoms with Crippen LogP contribution in [-0.2, 0) is 16.1 Å². The smallest absolute Gasteiger partial charge is 0.264 e. The molecule has 1 aliphatic heterocycles. The number of carbonyl (C=O) groups is 1. The second kappa shape index (κ2) is 11.5. The van der Waals surface area contributed by atoms with Crippen molar-refractivity contribution in [1.29, 1.82) is 5.26 Å². The molecule has 0 aliphatic carbocycles. The van der Waals surface area contributed by atoms with Gasteiger partial charge in [-0.25, -0.2) is 9.07 Å². The van der Waals surface area contributed by atoms with E-state index < -0.39 is 0 Å². The molecular weight excluding hydrogens is 483 g/mol. The molecule has 0 saturated carbocycles. The van der Waals surface area contributed by atoms with Crippen LogP contribution in [0.25, 0.3) is 23.0 Å². The van der Waals surface area contributed by atoms with Crippen LogP contribution in [0.3, 0.4) is 0 Å². The summed E-state index contributed by atoms with van der Waals surface area (Å²) in [5.41, 5.74) is 3.71. The lowest BCUT2D eigenvalue weighted by atomic mass is 10.1. The highest BCUT2D eigenvalue weighted by Gasteiger charge is 2.22. The maximum atomic E-state index is 13.2. The van der Waals surface area contributed by atoms with E-state index in [1.54, 1.807) is 34.0 Å². The Kier molecular flexibility index (Phi) is 7.57. The van der Waals surface area contributed by atoms with Gasteiger partial charge < -0.3 is 14.4 Å². The number of morpholine rings is 1. The SMILES string of the molecule is N#C/C(=C/c1cn(-c2ccccc2)nc1-c1cccc(OCc2ccc(F)cc2)c1)C(=O)N1CCOCC1. The molecule has 1 amide bonds. The molecule has 0 atom stereocenters. The summed E-state index contributed by atoms with van der Waals surface area (Å²) >= 11 is 0. The molecule has 4 aromatic rings. The first kappa shape index (κ1) is 24.9. The van der Waals surface area contributed by atoms with Gasteiger partial charge >= 0.3 is 0 Å². The predicted octanol–water partition coefficient (Wildman–Crippen LogP) is 5.02. The summed E-state index contributed by atoms with van der Waals surface area (Å²) in [6.45, 7) is 2.07. The maximum absolute atomic E-state index is 13.2. The van der Waals surface area contributed by atoms with E-state index >= 15 is 0 Å². The van der Waals surface area contributed by atoms with E-state index in [-0.39, 0.29) is 23.9 Å². The van der Waals surface area contributed by atoms with Crippen LogP contribution in [0.4, 0.5) is 4.39 Å². The quantitative estimate of drug-likeness (QED) is 0.259. The van der Waals surface area contributed by atoms with Gasteiger partial charge in [-0.3, -0.25) is 4.79 Å². The molecule has 3 aromatic carbocycles. The summed E-state index contributed by atoms with van der Waals surface area (Å²) in [6, 6.07) is 25.3. The van der Waals surface area contributed by atoms with Crippen molar-refractivity contribution in [2.45, 2.75) is 6.61 Å². The van der Waals surface area contributed by atoms with E-state index in [0.717, 1.165) is 16.8 Å². The lowest BCUT2D eigenvalue weighted by Crippen LogP contribution is -2.41. The molecule has 1 aromatic heterocycles. The number of amides is 1. The van der Waals surface area contributed by atoms with E-state index in [1.807, 2.05) is 54.6 Å². The van der Waals surface area contributed by atoms with Crippen molar-refractivity contribution in [1.82, 2.24) is 14.7 Å². The molecule has 1 saturated heterocycles. The Morgan fingerprint density at radius 1 is 1.05 bits per heavy atom. The van der Waals surface area contributed by atoms with E-state index in [1.165, 1.54) is 12.1 Å². The Bertz CT molecular complexity index is 1480. The number of carbonyl (C=O) groups excluding carboxylic acids is 1. The highest BCUT2D eigenvalue weighted by atomic mass is 19.1. The fourth-order valence-corrected chi connectivity index (χ4v) is 4.14. The Hall–Kier alpha value is -4.74. The largest absolute Gasteiger partial charge is 0.489 e. The topological polar surface area (TPSA) is 80.4 Å². The van der Waals surface area contributed by atoms with Crippen molar-refractivity contribution < 1.29 is 18.7 Å².